The van der Waals surface area contributed by atoms with Crippen LogP contribution in [0, 0.1) is 6.92 Å². The Morgan fingerprint density at radius 1 is 1.72 bits per heavy atom. The molecule has 1 aromatic heterocycles. The Bertz CT molecular complexity index is 418. The standard InChI is InChI=1S/C12H20N4O2/c1-8-5-10(13)3-4-16(8)7-12(17)14-11-6-9(2)18-15-11/h6,8,10H,3-5,7,13H2,1-2H3,(H,14,15,17). The number of anilines is 1. The normalized spacial score (nSPS) is 25.1. The van der Waals surface area contributed by atoms with E-state index in [0.717, 1.165) is 19.4 Å². The van der Waals surface area contributed by atoms with Gasteiger partial charge >= 0.3 is 0 Å². The van der Waals surface area contributed by atoms with Gasteiger partial charge in [0.05, 0.1) is 6.54 Å². The number of hydrogen-bond acceptors (Lipinski definition) is 5. The van der Waals surface area contributed by atoms with Crippen LogP contribution < -0.4 is 11.1 Å². The molecular formula is C12H20N4O2. The van der Waals surface area contributed by atoms with Crippen LogP contribution >= 0.6 is 0 Å². The molecule has 0 spiro atoms. The third kappa shape index (κ3) is 3.30. The maximum Gasteiger partial charge on any atom is 0.239 e. The number of likely N-dealkylation sites (tertiary alicyclic amines) is 1. The molecule has 6 heteroatoms. The third-order valence-corrected chi connectivity index (χ3v) is 3.30. The molecule has 6 nitrogen and oxygen atoms in total. The average Bonchev–Trinajstić information content (AvgIpc) is 2.68. The molecule has 2 rings (SSSR count). The molecule has 1 amide bonds. The highest BCUT2D eigenvalue weighted by Crippen LogP contribution is 2.15. The fraction of sp³-hybridized carbons (Fsp3) is 0.667. The number of carbonyl (C=O) groups excluding carboxylic acids is 1. The van der Waals surface area contributed by atoms with Gasteiger partial charge in [0.2, 0.25) is 5.91 Å². The number of aryl methyl sites for hydroxylation is 1. The highest BCUT2D eigenvalue weighted by atomic mass is 16.5. The summed E-state index contributed by atoms with van der Waals surface area (Å²) < 4.78 is 4.90. The van der Waals surface area contributed by atoms with Crippen LogP contribution in [-0.4, -0.2) is 41.1 Å². The topological polar surface area (TPSA) is 84.4 Å². The monoisotopic (exact) mass is 252 g/mol. The van der Waals surface area contributed by atoms with Gasteiger partial charge in [0.1, 0.15) is 5.76 Å². The Morgan fingerprint density at radius 3 is 3.11 bits per heavy atom. The minimum atomic E-state index is -0.0642. The molecule has 0 saturated carbocycles. The lowest BCUT2D eigenvalue weighted by atomic mass is 9.99. The number of nitrogens with one attached hydrogen (secondary N) is 1. The predicted molar refractivity (Wildman–Crippen MR) is 68.1 cm³/mol. The molecule has 3 N–H and O–H groups in total. The number of aromatic nitrogens is 1. The van der Waals surface area contributed by atoms with E-state index in [-0.39, 0.29) is 11.9 Å². The highest BCUT2D eigenvalue weighted by molar-refractivity contribution is 5.91. The molecule has 2 heterocycles. The van der Waals surface area contributed by atoms with Gasteiger partial charge in [0.25, 0.3) is 0 Å². The van der Waals surface area contributed by atoms with Crippen molar-refractivity contribution in [3.8, 4) is 0 Å². The van der Waals surface area contributed by atoms with Crippen LogP contribution in [0.2, 0.25) is 0 Å². The summed E-state index contributed by atoms with van der Waals surface area (Å²) in [7, 11) is 0. The van der Waals surface area contributed by atoms with E-state index in [0.29, 0.717) is 24.2 Å². The molecule has 0 aliphatic carbocycles. The summed E-state index contributed by atoms with van der Waals surface area (Å²) in [4.78, 5) is 14.0. The zero-order valence-corrected chi connectivity index (χ0v) is 10.8. The molecule has 1 fully saturated rings. The van der Waals surface area contributed by atoms with E-state index in [4.69, 9.17) is 10.3 Å². The fourth-order valence-electron chi connectivity index (χ4n) is 2.28. The van der Waals surface area contributed by atoms with Gasteiger partial charge in [0.15, 0.2) is 5.82 Å². The number of carbonyl (C=O) groups is 1. The molecule has 1 saturated heterocycles. The van der Waals surface area contributed by atoms with Gasteiger partial charge in [-0.05, 0) is 26.7 Å². The number of piperidine rings is 1. The number of rotatable bonds is 3. The zero-order chi connectivity index (χ0) is 13.1. The second-order valence-corrected chi connectivity index (χ2v) is 4.97. The van der Waals surface area contributed by atoms with Crippen molar-refractivity contribution >= 4 is 11.7 Å². The predicted octanol–water partition coefficient (Wildman–Crippen LogP) is 0.733. The number of amides is 1. The first kappa shape index (κ1) is 13.0. The largest absolute Gasteiger partial charge is 0.360 e. The lowest BCUT2D eigenvalue weighted by molar-refractivity contribution is -0.118. The summed E-state index contributed by atoms with van der Waals surface area (Å²) >= 11 is 0. The van der Waals surface area contributed by atoms with Gasteiger partial charge in [0, 0.05) is 24.7 Å². The molecule has 100 valence electrons. The van der Waals surface area contributed by atoms with Gasteiger partial charge < -0.3 is 15.6 Å². The van der Waals surface area contributed by atoms with Crippen LogP contribution in [0.4, 0.5) is 5.82 Å². The first-order valence-corrected chi connectivity index (χ1v) is 6.27. The van der Waals surface area contributed by atoms with Crippen LogP contribution in [0.15, 0.2) is 10.6 Å². The SMILES string of the molecule is Cc1cc(NC(=O)CN2CCC(N)CC2C)no1. The molecule has 0 aromatic carbocycles. The van der Waals surface area contributed by atoms with E-state index >= 15 is 0 Å². The van der Waals surface area contributed by atoms with Gasteiger partial charge in [-0.2, -0.15) is 0 Å². The van der Waals surface area contributed by atoms with Crippen molar-refractivity contribution in [3.05, 3.63) is 11.8 Å². The van der Waals surface area contributed by atoms with Crippen LogP contribution in [0.5, 0.6) is 0 Å². The summed E-state index contributed by atoms with van der Waals surface area (Å²) in [6.07, 6.45) is 1.89. The van der Waals surface area contributed by atoms with Crippen molar-refractivity contribution in [3.63, 3.8) is 0 Å². The lowest BCUT2D eigenvalue weighted by Gasteiger charge is -2.35. The Hall–Kier alpha value is -1.40. The van der Waals surface area contributed by atoms with Crippen molar-refractivity contribution < 1.29 is 9.32 Å². The van der Waals surface area contributed by atoms with E-state index < -0.39 is 0 Å². The van der Waals surface area contributed by atoms with Gasteiger partial charge in [-0.15, -0.1) is 0 Å². The van der Waals surface area contributed by atoms with E-state index in [2.05, 4.69) is 22.3 Å². The van der Waals surface area contributed by atoms with Crippen LogP contribution in [0.1, 0.15) is 25.5 Å². The molecule has 0 bridgehead atoms. The van der Waals surface area contributed by atoms with E-state index in [1.165, 1.54) is 0 Å². The molecular weight excluding hydrogens is 232 g/mol. The van der Waals surface area contributed by atoms with Crippen molar-refractivity contribution in [2.75, 3.05) is 18.4 Å². The highest BCUT2D eigenvalue weighted by Gasteiger charge is 2.24. The third-order valence-electron chi connectivity index (χ3n) is 3.30. The second kappa shape index (κ2) is 5.49. The summed E-state index contributed by atoms with van der Waals surface area (Å²) in [6.45, 7) is 5.14. The molecule has 1 aliphatic heterocycles. The Kier molecular flexibility index (Phi) is 3.98. The minimum Gasteiger partial charge on any atom is -0.360 e. The van der Waals surface area contributed by atoms with Crippen LogP contribution in [0.25, 0.3) is 0 Å². The quantitative estimate of drug-likeness (QED) is 0.828. The molecule has 0 radical (unpaired) electrons. The smallest absolute Gasteiger partial charge is 0.239 e. The van der Waals surface area contributed by atoms with Gasteiger partial charge in [-0.1, -0.05) is 5.16 Å². The van der Waals surface area contributed by atoms with Crippen LogP contribution in [-0.2, 0) is 4.79 Å². The Labute approximate surface area is 106 Å². The minimum absolute atomic E-state index is 0.0642. The lowest BCUT2D eigenvalue weighted by Crippen LogP contribution is -2.48. The summed E-state index contributed by atoms with van der Waals surface area (Å²) in [5.74, 6) is 1.09. The average molecular weight is 252 g/mol. The molecule has 2 unspecified atom stereocenters. The summed E-state index contributed by atoms with van der Waals surface area (Å²) in [5, 5.41) is 6.46. The maximum atomic E-state index is 11.9. The van der Waals surface area contributed by atoms with Crippen LogP contribution in [0.3, 0.4) is 0 Å². The van der Waals surface area contributed by atoms with Crippen molar-refractivity contribution in [2.24, 2.45) is 5.73 Å². The fourth-order valence-corrected chi connectivity index (χ4v) is 2.28. The maximum absolute atomic E-state index is 11.9. The van der Waals surface area contributed by atoms with Gasteiger partial charge in [-0.3, -0.25) is 9.69 Å². The first-order valence-electron chi connectivity index (χ1n) is 6.27. The van der Waals surface area contributed by atoms with E-state index in [1.807, 2.05) is 0 Å². The molecule has 18 heavy (non-hydrogen) atoms. The number of hydrogen-bond donors (Lipinski definition) is 2. The number of nitrogens with zero attached hydrogens (tertiary/aromatic N) is 2. The van der Waals surface area contributed by atoms with E-state index in [1.54, 1.807) is 13.0 Å². The van der Waals surface area contributed by atoms with Crippen molar-refractivity contribution in [1.29, 1.82) is 0 Å². The van der Waals surface area contributed by atoms with E-state index in [9.17, 15) is 4.79 Å². The summed E-state index contributed by atoms with van der Waals surface area (Å²) in [6, 6.07) is 2.31. The zero-order valence-electron chi connectivity index (χ0n) is 10.8. The Balaban J connectivity index is 1.84. The molecule has 1 aromatic rings. The molecule has 2 atom stereocenters. The second-order valence-electron chi connectivity index (χ2n) is 4.97. The summed E-state index contributed by atoms with van der Waals surface area (Å²) in [5.41, 5.74) is 5.89. The van der Waals surface area contributed by atoms with Crippen molar-refractivity contribution in [2.45, 2.75) is 38.8 Å². The first-order chi connectivity index (χ1) is 8.54. The molecule has 1 aliphatic rings. The number of nitrogens with two attached hydrogens (primary N) is 1. The van der Waals surface area contributed by atoms with Gasteiger partial charge in [-0.25, -0.2) is 0 Å². The Morgan fingerprint density at radius 2 is 2.50 bits per heavy atom. The van der Waals surface area contributed by atoms with Crippen molar-refractivity contribution in [1.82, 2.24) is 10.1 Å².